The van der Waals surface area contributed by atoms with Crippen molar-refractivity contribution < 1.29 is 22.4 Å². The van der Waals surface area contributed by atoms with Gasteiger partial charge in [0.2, 0.25) is 0 Å². The van der Waals surface area contributed by atoms with Crippen molar-refractivity contribution in [1.82, 2.24) is 5.16 Å². The first-order valence-electron chi connectivity index (χ1n) is 7.91. The molecule has 0 spiro atoms. The van der Waals surface area contributed by atoms with Crippen LogP contribution in [0.25, 0.3) is 11.3 Å². The highest BCUT2D eigenvalue weighted by molar-refractivity contribution is 7.90. The Kier molecular flexibility index (Phi) is 4.99. The topological polar surface area (TPSA) is 78.6 Å². The van der Waals surface area contributed by atoms with E-state index in [0.29, 0.717) is 35.1 Å². The molecule has 1 heterocycles. The maximum absolute atomic E-state index is 12.2. The van der Waals surface area contributed by atoms with Crippen LogP contribution in [0.1, 0.15) is 11.3 Å². The summed E-state index contributed by atoms with van der Waals surface area (Å²) < 4.78 is 40.9. The van der Waals surface area contributed by atoms with E-state index >= 15 is 0 Å². The molecule has 3 aromatic rings. The lowest BCUT2D eigenvalue weighted by Crippen LogP contribution is -2.03. The van der Waals surface area contributed by atoms with Gasteiger partial charge < -0.3 is 14.0 Å². The van der Waals surface area contributed by atoms with Crippen molar-refractivity contribution >= 4 is 9.84 Å². The normalized spacial score (nSPS) is 11.3. The Morgan fingerprint density at radius 3 is 2.38 bits per heavy atom. The number of aryl methyl sites for hydroxylation is 1. The minimum Gasteiger partial charge on any atom is -0.493 e. The first-order valence-corrected chi connectivity index (χ1v) is 9.80. The number of aromatic nitrogens is 1. The molecule has 0 amide bonds. The van der Waals surface area contributed by atoms with Crippen LogP contribution in [-0.2, 0) is 16.4 Å². The number of nitrogens with zero attached hydrogens (tertiary/aromatic N) is 1. The van der Waals surface area contributed by atoms with E-state index in [1.807, 2.05) is 30.3 Å². The Hall–Kier alpha value is -2.80. The van der Waals surface area contributed by atoms with E-state index in [-0.39, 0.29) is 4.90 Å². The van der Waals surface area contributed by atoms with Gasteiger partial charge in [0, 0.05) is 24.0 Å². The van der Waals surface area contributed by atoms with Gasteiger partial charge in [-0.3, -0.25) is 0 Å². The lowest BCUT2D eigenvalue weighted by atomic mass is 10.1. The highest BCUT2D eigenvalue weighted by Gasteiger charge is 2.22. The molecule has 0 aliphatic rings. The second kappa shape index (κ2) is 7.21. The van der Waals surface area contributed by atoms with E-state index in [2.05, 4.69) is 5.16 Å². The van der Waals surface area contributed by atoms with Crippen molar-refractivity contribution in [2.75, 3.05) is 13.4 Å². The summed E-state index contributed by atoms with van der Waals surface area (Å²) in [4.78, 5) is 0.0950. The molecule has 0 atom stereocenters. The Morgan fingerprint density at radius 2 is 1.81 bits per heavy atom. The summed E-state index contributed by atoms with van der Waals surface area (Å²) >= 11 is 0. The zero-order chi connectivity index (χ0) is 18.7. The Labute approximate surface area is 152 Å². The zero-order valence-corrected chi connectivity index (χ0v) is 15.5. The zero-order valence-electron chi connectivity index (χ0n) is 14.7. The average molecular weight is 373 g/mol. The van der Waals surface area contributed by atoms with Crippen LogP contribution >= 0.6 is 0 Å². The standard InChI is InChI=1S/C19H19NO5S/c1-13-9-16(25-20-13)15-10-18(24-12-14-7-5-4-6-8-14)17(23-2)11-19(15)26(3,21)22/h4-11H,12H2,1-3H3. The molecule has 0 saturated carbocycles. The maximum atomic E-state index is 12.2. The van der Waals surface area contributed by atoms with Gasteiger partial charge >= 0.3 is 0 Å². The monoisotopic (exact) mass is 373 g/mol. The molecule has 0 unspecified atom stereocenters. The fourth-order valence-electron chi connectivity index (χ4n) is 2.54. The summed E-state index contributed by atoms with van der Waals surface area (Å²) in [6.07, 6.45) is 1.14. The van der Waals surface area contributed by atoms with Crippen LogP contribution in [0.3, 0.4) is 0 Å². The first kappa shape index (κ1) is 18.0. The van der Waals surface area contributed by atoms with Gasteiger partial charge in [-0.2, -0.15) is 0 Å². The molecule has 1 aromatic heterocycles. The van der Waals surface area contributed by atoms with Gasteiger partial charge in [-0.05, 0) is 18.6 Å². The van der Waals surface area contributed by atoms with Gasteiger partial charge in [0.15, 0.2) is 27.1 Å². The van der Waals surface area contributed by atoms with Crippen LogP contribution in [0, 0.1) is 6.92 Å². The van der Waals surface area contributed by atoms with Crippen LogP contribution in [0.15, 0.2) is 57.9 Å². The van der Waals surface area contributed by atoms with Crippen molar-refractivity contribution in [3.8, 4) is 22.8 Å². The van der Waals surface area contributed by atoms with E-state index in [1.165, 1.54) is 13.2 Å². The van der Waals surface area contributed by atoms with Gasteiger partial charge in [0.25, 0.3) is 0 Å². The van der Waals surface area contributed by atoms with Gasteiger partial charge in [-0.1, -0.05) is 35.5 Å². The number of ether oxygens (including phenoxy) is 2. The third kappa shape index (κ3) is 3.88. The van der Waals surface area contributed by atoms with E-state index in [9.17, 15) is 8.42 Å². The van der Waals surface area contributed by atoms with Crippen LogP contribution in [0.5, 0.6) is 11.5 Å². The Balaban J connectivity index is 2.06. The number of methoxy groups -OCH3 is 1. The van der Waals surface area contributed by atoms with E-state index < -0.39 is 9.84 Å². The van der Waals surface area contributed by atoms with Gasteiger partial charge in [0.05, 0.1) is 17.7 Å². The smallest absolute Gasteiger partial charge is 0.176 e. The summed E-state index contributed by atoms with van der Waals surface area (Å²) in [5, 5.41) is 3.84. The van der Waals surface area contributed by atoms with Crippen molar-refractivity contribution in [3.05, 3.63) is 59.8 Å². The molecular formula is C19H19NO5S. The molecule has 0 bridgehead atoms. The number of hydrogen-bond acceptors (Lipinski definition) is 6. The highest BCUT2D eigenvalue weighted by atomic mass is 32.2. The molecule has 0 fully saturated rings. The van der Waals surface area contributed by atoms with E-state index in [0.717, 1.165) is 11.8 Å². The molecule has 3 rings (SSSR count). The van der Waals surface area contributed by atoms with Gasteiger partial charge in [-0.25, -0.2) is 8.42 Å². The lowest BCUT2D eigenvalue weighted by molar-refractivity contribution is 0.284. The fraction of sp³-hybridized carbons (Fsp3) is 0.211. The predicted molar refractivity (Wildman–Crippen MR) is 97.1 cm³/mol. The first-order chi connectivity index (χ1) is 12.4. The molecule has 2 aromatic carbocycles. The van der Waals surface area contributed by atoms with E-state index in [1.54, 1.807) is 19.1 Å². The summed E-state index contributed by atoms with van der Waals surface area (Å²) in [7, 11) is -2.04. The summed E-state index contributed by atoms with van der Waals surface area (Å²) in [5.41, 5.74) is 2.03. The van der Waals surface area contributed by atoms with Crippen LogP contribution in [0.4, 0.5) is 0 Å². The van der Waals surface area contributed by atoms with Crippen molar-refractivity contribution in [1.29, 1.82) is 0 Å². The number of benzene rings is 2. The average Bonchev–Trinajstić information content (AvgIpc) is 3.05. The van der Waals surface area contributed by atoms with Gasteiger partial charge in [0.1, 0.15) is 6.61 Å². The summed E-state index contributed by atoms with van der Waals surface area (Å²) in [5.74, 6) is 1.12. The molecule has 0 radical (unpaired) electrons. The highest BCUT2D eigenvalue weighted by Crippen LogP contribution is 2.38. The lowest BCUT2D eigenvalue weighted by Gasteiger charge is -2.14. The summed E-state index contributed by atoms with van der Waals surface area (Å²) in [6.45, 7) is 2.09. The molecule has 0 aliphatic carbocycles. The predicted octanol–water partition coefficient (Wildman–Crippen LogP) is 3.64. The van der Waals surface area contributed by atoms with Crippen molar-refractivity contribution in [3.63, 3.8) is 0 Å². The molecule has 6 nitrogen and oxygen atoms in total. The summed E-state index contributed by atoms with van der Waals surface area (Å²) in [6, 6.07) is 14.4. The molecule has 7 heteroatoms. The second-order valence-electron chi connectivity index (χ2n) is 5.88. The minimum atomic E-state index is -3.51. The fourth-order valence-corrected chi connectivity index (χ4v) is 3.42. The van der Waals surface area contributed by atoms with Crippen LogP contribution < -0.4 is 9.47 Å². The molecule has 26 heavy (non-hydrogen) atoms. The quantitative estimate of drug-likeness (QED) is 0.656. The maximum Gasteiger partial charge on any atom is 0.176 e. The third-order valence-electron chi connectivity index (χ3n) is 3.80. The number of hydrogen-bond donors (Lipinski definition) is 0. The van der Waals surface area contributed by atoms with Crippen molar-refractivity contribution in [2.24, 2.45) is 0 Å². The molecule has 0 saturated heterocycles. The molecule has 136 valence electrons. The molecular weight excluding hydrogens is 354 g/mol. The minimum absolute atomic E-state index is 0.0950. The number of rotatable bonds is 6. The van der Waals surface area contributed by atoms with Crippen molar-refractivity contribution in [2.45, 2.75) is 18.4 Å². The Morgan fingerprint density at radius 1 is 1.08 bits per heavy atom. The third-order valence-corrected chi connectivity index (χ3v) is 4.93. The number of sulfone groups is 1. The molecule has 0 N–H and O–H groups in total. The van der Waals surface area contributed by atoms with E-state index in [4.69, 9.17) is 14.0 Å². The van der Waals surface area contributed by atoms with Crippen LogP contribution in [-0.4, -0.2) is 26.9 Å². The van der Waals surface area contributed by atoms with Crippen LogP contribution in [0.2, 0.25) is 0 Å². The molecule has 0 aliphatic heterocycles. The largest absolute Gasteiger partial charge is 0.493 e. The second-order valence-corrected chi connectivity index (χ2v) is 7.86. The SMILES string of the molecule is COc1cc(S(C)(=O)=O)c(-c2cc(C)no2)cc1OCc1ccccc1. The van der Waals surface area contributed by atoms with Gasteiger partial charge in [-0.15, -0.1) is 0 Å². The Bertz CT molecular complexity index is 1010.